The Bertz CT molecular complexity index is 575. The number of imidazole rings is 1. The summed E-state index contributed by atoms with van der Waals surface area (Å²) in [4.78, 5) is 18.3. The highest BCUT2D eigenvalue weighted by atomic mass is 15.2. The molecule has 19 heavy (non-hydrogen) atoms. The van der Waals surface area contributed by atoms with Gasteiger partial charge in [0.1, 0.15) is 11.8 Å². The Kier molecular flexibility index (Phi) is 2.61. The fourth-order valence-electron chi connectivity index (χ4n) is 2.94. The second-order valence-electron chi connectivity index (χ2n) is 5.59. The number of aromatic amines is 1. The minimum absolute atomic E-state index is 0.725. The third-order valence-corrected chi connectivity index (χ3v) is 4.16. The molecule has 6 nitrogen and oxygen atoms in total. The molecule has 6 heteroatoms. The van der Waals surface area contributed by atoms with Crippen LogP contribution in [0.1, 0.15) is 19.3 Å². The van der Waals surface area contributed by atoms with Gasteiger partial charge >= 0.3 is 0 Å². The van der Waals surface area contributed by atoms with Crippen molar-refractivity contribution in [2.45, 2.75) is 25.3 Å². The zero-order valence-electron chi connectivity index (χ0n) is 10.8. The van der Waals surface area contributed by atoms with E-state index in [-0.39, 0.29) is 0 Å². The molecule has 1 aliphatic heterocycles. The highest BCUT2D eigenvalue weighted by Gasteiger charge is 2.34. The van der Waals surface area contributed by atoms with E-state index in [0.29, 0.717) is 0 Å². The molecule has 0 bridgehead atoms. The lowest BCUT2D eigenvalue weighted by molar-refractivity contribution is 0.316. The number of nitrogens with one attached hydrogen (secondary N) is 2. The van der Waals surface area contributed by atoms with Gasteiger partial charge in [-0.15, -0.1) is 0 Å². The third kappa shape index (κ3) is 2.16. The molecule has 2 aromatic rings. The van der Waals surface area contributed by atoms with E-state index in [1.807, 2.05) is 0 Å². The van der Waals surface area contributed by atoms with E-state index in [1.165, 1.54) is 32.4 Å². The molecule has 1 saturated heterocycles. The fourth-order valence-corrected chi connectivity index (χ4v) is 2.94. The van der Waals surface area contributed by atoms with Crippen molar-refractivity contribution in [1.82, 2.24) is 24.8 Å². The van der Waals surface area contributed by atoms with Gasteiger partial charge in [-0.3, -0.25) is 0 Å². The molecular weight excluding hydrogens is 240 g/mol. The Morgan fingerprint density at radius 3 is 3.11 bits per heavy atom. The van der Waals surface area contributed by atoms with Crippen molar-refractivity contribution < 1.29 is 0 Å². The van der Waals surface area contributed by atoms with Crippen LogP contribution in [0.3, 0.4) is 0 Å². The summed E-state index contributed by atoms with van der Waals surface area (Å²) < 4.78 is 0. The molecule has 3 heterocycles. The van der Waals surface area contributed by atoms with E-state index in [1.54, 1.807) is 12.7 Å². The van der Waals surface area contributed by atoms with Gasteiger partial charge in [0.15, 0.2) is 11.5 Å². The Morgan fingerprint density at radius 1 is 1.26 bits per heavy atom. The predicted molar refractivity (Wildman–Crippen MR) is 72.9 cm³/mol. The number of aromatic nitrogens is 4. The number of fused-ring (bicyclic) bond motifs is 1. The van der Waals surface area contributed by atoms with Gasteiger partial charge in [0.2, 0.25) is 0 Å². The van der Waals surface area contributed by atoms with Crippen LogP contribution in [0.5, 0.6) is 0 Å². The average molecular weight is 258 g/mol. The summed E-state index contributed by atoms with van der Waals surface area (Å²) in [6, 6.07) is 0.892. The average Bonchev–Trinajstić information content (AvgIpc) is 3.00. The Labute approximate surface area is 111 Å². The zero-order chi connectivity index (χ0) is 12.7. The minimum Gasteiger partial charge on any atom is -0.368 e. The second-order valence-corrected chi connectivity index (χ2v) is 5.59. The Balaban J connectivity index is 1.40. The van der Waals surface area contributed by atoms with E-state index in [9.17, 15) is 0 Å². The van der Waals surface area contributed by atoms with Crippen molar-refractivity contribution in [2.75, 3.05) is 25.0 Å². The quantitative estimate of drug-likeness (QED) is 0.863. The molecule has 0 amide bonds. The van der Waals surface area contributed by atoms with E-state index < -0.39 is 0 Å². The van der Waals surface area contributed by atoms with Crippen LogP contribution in [0, 0.1) is 5.92 Å². The molecule has 100 valence electrons. The monoisotopic (exact) mass is 258 g/mol. The van der Waals surface area contributed by atoms with Gasteiger partial charge in [0.05, 0.1) is 6.33 Å². The minimum atomic E-state index is 0.725. The second kappa shape index (κ2) is 4.45. The van der Waals surface area contributed by atoms with E-state index in [0.717, 1.165) is 35.5 Å². The molecule has 2 fully saturated rings. The molecule has 1 atom stereocenters. The number of H-pyrrole nitrogens is 1. The number of nitrogens with zero attached hydrogens (tertiary/aromatic N) is 4. The smallest absolute Gasteiger partial charge is 0.182 e. The maximum Gasteiger partial charge on any atom is 0.182 e. The van der Waals surface area contributed by atoms with Gasteiger partial charge in [-0.1, -0.05) is 0 Å². The van der Waals surface area contributed by atoms with Crippen molar-refractivity contribution in [2.24, 2.45) is 5.92 Å². The summed E-state index contributed by atoms with van der Waals surface area (Å²) in [5, 5.41) is 3.45. The molecule has 0 aromatic carbocycles. The maximum absolute atomic E-state index is 4.30. The normalized spacial score (nSPS) is 24.1. The van der Waals surface area contributed by atoms with Crippen LogP contribution < -0.4 is 5.32 Å². The molecule has 0 spiro atoms. The lowest BCUT2D eigenvalue weighted by Crippen LogP contribution is -2.25. The molecule has 2 N–H and O–H groups in total. The van der Waals surface area contributed by atoms with E-state index >= 15 is 0 Å². The van der Waals surface area contributed by atoms with Crippen molar-refractivity contribution in [3.05, 3.63) is 12.7 Å². The standard InChI is InChI=1S/C13H18N6/c1-2-10(1)19-4-3-9(6-19)5-14-12-11-13(16-7-15-11)18-8-17-12/h7-10H,1-6H2,(H2,14,15,16,17,18). The number of hydrogen-bond acceptors (Lipinski definition) is 5. The first-order valence-electron chi connectivity index (χ1n) is 7.02. The molecular formula is C13H18N6. The first-order chi connectivity index (χ1) is 9.40. The van der Waals surface area contributed by atoms with Gasteiger partial charge in [-0.25, -0.2) is 15.0 Å². The number of rotatable bonds is 4. The largest absolute Gasteiger partial charge is 0.368 e. The van der Waals surface area contributed by atoms with Crippen molar-refractivity contribution >= 4 is 17.0 Å². The van der Waals surface area contributed by atoms with E-state index in [2.05, 4.69) is 30.2 Å². The maximum atomic E-state index is 4.30. The van der Waals surface area contributed by atoms with Crippen molar-refractivity contribution in [3.63, 3.8) is 0 Å². The lowest BCUT2D eigenvalue weighted by Gasteiger charge is -2.15. The predicted octanol–water partition coefficient (Wildman–Crippen LogP) is 1.25. The van der Waals surface area contributed by atoms with E-state index in [4.69, 9.17) is 0 Å². The Hall–Kier alpha value is -1.69. The molecule has 4 rings (SSSR count). The molecule has 1 aliphatic carbocycles. The number of anilines is 1. The highest BCUT2D eigenvalue weighted by molar-refractivity contribution is 5.81. The fraction of sp³-hybridized carbons (Fsp3) is 0.615. The van der Waals surface area contributed by atoms with Gasteiger partial charge in [0, 0.05) is 19.1 Å². The lowest BCUT2D eigenvalue weighted by atomic mass is 10.1. The molecule has 2 aliphatic rings. The van der Waals surface area contributed by atoms with Gasteiger partial charge in [-0.2, -0.15) is 0 Å². The third-order valence-electron chi connectivity index (χ3n) is 4.16. The van der Waals surface area contributed by atoms with Gasteiger partial charge in [-0.05, 0) is 31.7 Å². The van der Waals surface area contributed by atoms with Crippen LogP contribution in [0.25, 0.3) is 11.2 Å². The SMILES string of the molecule is c1nc(NCC2CCN(C3CC3)C2)c2[nH]cnc2n1. The summed E-state index contributed by atoms with van der Waals surface area (Å²) in [5.74, 6) is 1.60. The summed E-state index contributed by atoms with van der Waals surface area (Å²) in [6.45, 7) is 3.48. The molecule has 1 saturated carbocycles. The highest BCUT2D eigenvalue weighted by Crippen LogP contribution is 2.31. The van der Waals surface area contributed by atoms with Crippen LogP contribution >= 0.6 is 0 Å². The molecule has 1 unspecified atom stereocenters. The van der Waals surface area contributed by atoms with Crippen LogP contribution in [0.15, 0.2) is 12.7 Å². The summed E-state index contributed by atoms with van der Waals surface area (Å²) in [5.41, 5.74) is 1.63. The summed E-state index contributed by atoms with van der Waals surface area (Å²) >= 11 is 0. The first-order valence-corrected chi connectivity index (χ1v) is 7.02. The zero-order valence-corrected chi connectivity index (χ0v) is 10.8. The van der Waals surface area contributed by atoms with Crippen molar-refractivity contribution in [1.29, 1.82) is 0 Å². The summed E-state index contributed by atoms with van der Waals surface area (Å²) in [7, 11) is 0. The summed E-state index contributed by atoms with van der Waals surface area (Å²) in [6.07, 6.45) is 7.33. The van der Waals surface area contributed by atoms with Gasteiger partial charge < -0.3 is 15.2 Å². The topological polar surface area (TPSA) is 69.7 Å². The Morgan fingerprint density at radius 2 is 2.21 bits per heavy atom. The van der Waals surface area contributed by atoms with Crippen LogP contribution in [0.4, 0.5) is 5.82 Å². The van der Waals surface area contributed by atoms with Crippen molar-refractivity contribution in [3.8, 4) is 0 Å². The van der Waals surface area contributed by atoms with Gasteiger partial charge in [0.25, 0.3) is 0 Å². The van der Waals surface area contributed by atoms with Crippen LogP contribution in [-0.4, -0.2) is 50.5 Å². The number of likely N-dealkylation sites (tertiary alicyclic amines) is 1. The number of hydrogen-bond donors (Lipinski definition) is 2. The first kappa shape index (κ1) is 11.2. The van der Waals surface area contributed by atoms with Crippen LogP contribution in [-0.2, 0) is 0 Å². The molecule has 2 aromatic heterocycles. The van der Waals surface area contributed by atoms with Crippen LogP contribution in [0.2, 0.25) is 0 Å². The molecule has 0 radical (unpaired) electrons.